The van der Waals surface area contributed by atoms with Crippen molar-refractivity contribution in [1.29, 1.82) is 0 Å². The summed E-state index contributed by atoms with van der Waals surface area (Å²) in [4.78, 5) is 29.8. The average molecular weight is 363 g/mol. The summed E-state index contributed by atoms with van der Waals surface area (Å²) < 4.78 is 12.3. The number of ether oxygens (including phenoxy) is 1. The number of halogens is 1. The highest BCUT2D eigenvalue weighted by Gasteiger charge is 2.30. The molecule has 130 valence electrons. The van der Waals surface area contributed by atoms with Gasteiger partial charge in [0, 0.05) is 18.3 Å². The van der Waals surface area contributed by atoms with Gasteiger partial charge in [0.15, 0.2) is 5.60 Å². The lowest BCUT2D eigenvalue weighted by Gasteiger charge is -2.22. The molecule has 3 rings (SSSR count). The Morgan fingerprint density at radius 3 is 2.60 bits per heavy atom. The molecule has 1 N–H and O–H groups in total. The summed E-state index contributed by atoms with van der Waals surface area (Å²) in [5.74, 6) is 0.833. The van der Waals surface area contributed by atoms with E-state index in [4.69, 9.17) is 20.9 Å². The fourth-order valence-corrected chi connectivity index (χ4v) is 2.27. The highest BCUT2D eigenvalue weighted by Crippen LogP contribution is 2.28. The number of nitrogens with zero attached hydrogens (tertiary/aromatic N) is 3. The molecule has 2 aromatic heterocycles. The number of H-pyrrole nitrogens is 1. The summed E-state index contributed by atoms with van der Waals surface area (Å²) in [6, 6.07) is 6.85. The fraction of sp³-hybridized carbons (Fsp3) is 0.250. The van der Waals surface area contributed by atoms with E-state index >= 15 is 0 Å². The van der Waals surface area contributed by atoms with Crippen LogP contribution < -0.4 is 16.0 Å². The molecule has 0 atom stereocenters. The Morgan fingerprint density at radius 2 is 1.92 bits per heavy atom. The van der Waals surface area contributed by atoms with Crippen LogP contribution in [0.2, 0.25) is 5.02 Å². The van der Waals surface area contributed by atoms with Gasteiger partial charge in [-0.1, -0.05) is 16.8 Å². The fourth-order valence-electron chi connectivity index (χ4n) is 2.14. The highest BCUT2D eigenvalue weighted by molar-refractivity contribution is 6.30. The zero-order valence-electron chi connectivity index (χ0n) is 13.7. The Kier molecular flexibility index (Phi) is 4.22. The molecule has 1 aromatic carbocycles. The predicted molar refractivity (Wildman–Crippen MR) is 90.7 cm³/mol. The van der Waals surface area contributed by atoms with Crippen LogP contribution in [0.1, 0.15) is 19.7 Å². The first-order valence-electron chi connectivity index (χ1n) is 7.35. The van der Waals surface area contributed by atoms with E-state index in [-0.39, 0.29) is 17.3 Å². The van der Waals surface area contributed by atoms with Crippen LogP contribution in [0.15, 0.2) is 44.6 Å². The molecule has 0 fully saturated rings. The largest absolute Gasteiger partial charge is 0.478 e. The zero-order valence-corrected chi connectivity index (χ0v) is 14.5. The van der Waals surface area contributed by atoms with Crippen molar-refractivity contribution in [3.05, 3.63) is 62.2 Å². The molecule has 25 heavy (non-hydrogen) atoms. The maximum Gasteiger partial charge on any atom is 0.328 e. The Balaban J connectivity index is 1.92. The quantitative estimate of drug-likeness (QED) is 0.762. The van der Waals surface area contributed by atoms with E-state index in [9.17, 15) is 9.59 Å². The van der Waals surface area contributed by atoms with Gasteiger partial charge in [-0.2, -0.15) is 4.98 Å². The Morgan fingerprint density at radius 1 is 1.24 bits per heavy atom. The molecule has 9 heteroatoms. The summed E-state index contributed by atoms with van der Waals surface area (Å²) in [5, 5.41) is 4.41. The van der Waals surface area contributed by atoms with E-state index in [0.717, 1.165) is 0 Å². The lowest BCUT2D eigenvalue weighted by atomic mass is 10.1. The first-order valence-corrected chi connectivity index (χ1v) is 7.73. The van der Waals surface area contributed by atoms with Crippen molar-refractivity contribution in [2.24, 2.45) is 7.05 Å². The molecule has 0 aliphatic rings. The molecule has 8 nitrogen and oxygen atoms in total. The lowest BCUT2D eigenvalue weighted by molar-refractivity contribution is 0.0692. The minimum absolute atomic E-state index is 0.0691. The van der Waals surface area contributed by atoms with Crippen molar-refractivity contribution in [2.45, 2.75) is 19.4 Å². The summed E-state index contributed by atoms with van der Waals surface area (Å²) in [6.07, 6.45) is 1.35. The predicted octanol–water partition coefficient (Wildman–Crippen LogP) is 2.09. The van der Waals surface area contributed by atoms with Crippen LogP contribution in [-0.4, -0.2) is 19.7 Å². The first kappa shape index (κ1) is 17.0. The van der Waals surface area contributed by atoms with Gasteiger partial charge in [0.05, 0.1) is 0 Å². The van der Waals surface area contributed by atoms with E-state index < -0.39 is 16.9 Å². The second kappa shape index (κ2) is 6.21. The number of aryl methyl sites for hydroxylation is 1. The molecular weight excluding hydrogens is 348 g/mol. The molecule has 0 aliphatic heterocycles. The van der Waals surface area contributed by atoms with Gasteiger partial charge in [-0.3, -0.25) is 9.78 Å². The smallest absolute Gasteiger partial charge is 0.328 e. The molecule has 0 saturated carbocycles. The molecular formula is C16H15ClN4O4. The van der Waals surface area contributed by atoms with Gasteiger partial charge in [-0.05, 0) is 38.1 Å². The summed E-state index contributed by atoms with van der Waals surface area (Å²) in [7, 11) is 1.51. The number of hydrogen-bond acceptors (Lipinski definition) is 6. The Bertz CT molecular complexity index is 1020. The summed E-state index contributed by atoms with van der Waals surface area (Å²) in [5.41, 5.74) is -1.93. The molecule has 0 saturated heterocycles. The third-order valence-corrected chi connectivity index (χ3v) is 3.73. The number of benzene rings is 1. The molecule has 3 aromatic rings. The second-order valence-corrected chi connectivity index (χ2v) is 6.34. The van der Waals surface area contributed by atoms with Gasteiger partial charge < -0.3 is 13.8 Å². The van der Waals surface area contributed by atoms with Crippen molar-refractivity contribution in [1.82, 2.24) is 19.7 Å². The monoisotopic (exact) mass is 362 g/mol. The van der Waals surface area contributed by atoms with Gasteiger partial charge in [0.25, 0.3) is 11.4 Å². The van der Waals surface area contributed by atoms with Gasteiger partial charge in [-0.25, -0.2) is 4.79 Å². The van der Waals surface area contributed by atoms with E-state index in [1.54, 1.807) is 38.1 Å². The number of aromatic nitrogens is 4. The normalized spacial score (nSPS) is 11.5. The van der Waals surface area contributed by atoms with Crippen LogP contribution in [0.5, 0.6) is 5.75 Å². The zero-order chi connectivity index (χ0) is 18.2. The van der Waals surface area contributed by atoms with Crippen molar-refractivity contribution in [2.75, 3.05) is 0 Å². The van der Waals surface area contributed by atoms with Crippen LogP contribution in [0.25, 0.3) is 11.4 Å². The SMILES string of the molecule is Cn1cc(-c2noc(C(C)(C)Oc3ccc(Cl)cc3)n2)c(=O)[nH]c1=O. The van der Waals surface area contributed by atoms with Crippen LogP contribution >= 0.6 is 11.6 Å². The maximum atomic E-state index is 11.9. The Labute approximate surface area is 147 Å². The van der Waals surface area contributed by atoms with Crippen molar-refractivity contribution in [3.63, 3.8) is 0 Å². The third-order valence-electron chi connectivity index (χ3n) is 3.48. The third kappa shape index (κ3) is 3.48. The molecule has 0 bridgehead atoms. The topological polar surface area (TPSA) is 103 Å². The number of rotatable bonds is 4. The van der Waals surface area contributed by atoms with E-state index in [1.807, 2.05) is 0 Å². The van der Waals surface area contributed by atoms with Gasteiger partial charge in [-0.15, -0.1) is 0 Å². The van der Waals surface area contributed by atoms with Gasteiger partial charge in [0.1, 0.15) is 11.3 Å². The van der Waals surface area contributed by atoms with Crippen LogP contribution in [0.3, 0.4) is 0 Å². The minimum Gasteiger partial charge on any atom is -0.478 e. The minimum atomic E-state index is -0.938. The lowest BCUT2D eigenvalue weighted by Crippen LogP contribution is -2.29. The van der Waals surface area contributed by atoms with Gasteiger partial charge >= 0.3 is 5.69 Å². The first-order chi connectivity index (χ1) is 11.8. The highest BCUT2D eigenvalue weighted by atomic mass is 35.5. The molecule has 0 unspecified atom stereocenters. The standard InChI is InChI=1S/C16H15ClN4O4/c1-16(2,24-10-6-4-9(17)5-7-10)14-18-12(20-25-14)11-8-21(3)15(23)19-13(11)22/h4-8H,1-3H3,(H,19,22,23). The summed E-state index contributed by atoms with van der Waals surface area (Å²) in [6.45, 7) is 3.51. The van der Waals surface area contributed by atoms with Crippen molar-refractivity contribution in [3.8, 4) is 17.1 Å². The summed E-state index contributed by atoms with van der Waals surface area (Å²) >= 11 is 5.86. The number of nitrogens with one attached hydrogen (secondary N) is 1. The molecule has 0 aliphatic carbocycles. The Hall–Kier alpha value is -2.87. The van der Waals surface area contributed by atoms with Crippen molar-refractivity contribution >= 4 is 11.6 Å². The van der Waals surface area contributed by atoms with Gasteiger partial charge in [0.2, 0.25) is 5.82 Å². The van der Waals surface area contributed by atoms with Crippen LogP contribution in [0, 0.1) is 0 Å². The molecule has 0 radical (unpaired) electrons. The van der Waals surface area contributed by atoms with E-state index in [1.165, 1.54) is 17.8 Å². The number of hydrogen-bond donors (Lipinski definition) is 1. The average Bonchev–Trinajstić information content (AvgIpc) is 3.03. The van der Waals surface area contributed by atoms with E-state index in [2.05, 4.69) is 15.1 Å². The molecule has 0 amide bonds. The number of aromatic amines is 1. The second-order valence-electron chi connectivity index (χ2n) is 5.90. The van der Waals surface area contributed by atoms with Crippen molar-refractivity contribution < 1.29 is 9.26 Å². The van der Waals surface area contributed by atoms with Crippen LogP contribution in [0.4, 0.5) is 0 Å². The van der Waals surface area contributed by atoms with E-state index in [0.29, 0.717) is 10.8 Å². The molecule has 0 spiro atoms. The van der Waals surface area contributed by atoms with Crippen LogP contribution in [-0.2, 0) is 12.6 Å². The molecule has 2 heterocycles. The maximum absolute atomic E-state index is 11.9.